The number of rotatable bonds is 5. The van der Waals surface area contributed by atoms with Crippen LogP contribution in [0, 0.1) is 0 Å². The molecule has 2 aromatic rings. The zero-order valence-corrected chi connectivity index (χ0v) is 15.7. The maximum atomic E-state index is 13.1. The number of methoxy groups -OCH3 is 1. The molecule has 0 radical (unpaired) electrons. The molecule has 0 unspecified atom stereocenters. The molecule has 0 aromatic heterocycles. The molecule has 134 valence electrons. The molecule has 1 heterocycles. The Hall–Kier alpha value is -2.50. The molecule has 0 fully saturated rings. The van der Waals surface area contributed by atoms with Crippen LogP contribution >= 0.6 is 23.2 Å². The van der Waals surface area contributed by atoms with E-state index in [4.69, 9.17) is 27.9 Å². The molecule has 26 heavy (non-hydrogen) atoms. The van der Waals surface area contributed by atoms with Crippen molar-refractivity contribution in [3.05, 3.63) is 64.3 Å². The highest BCUT2D eigenvalue weighted by molar-refractivity contribution is 6.53. The van der Waals surface area contributed by atoms with Gasteiger partial charge in [-0.1, -0.05) is 41.4 Å². The summed E-state index contributed by atoms with van der Waals surface area (Å²) >= 11 is 12.3. The zero-order valence-electron chi connectivity index (χ0n) is 14.2. The zero-order chi connectivity index (χ0) is 18.8. The number of amides is 2. The van der Waals surface area contributed by atoms with Crippen LogP contribution in [0.25, 0.3) is 0 Å². The van der Waals surface area contributed by atoms with Gasteiger partial charge in [0.05, 0.1) is 12.8 Å². The first kappa shape index (κ1) is 18.3. The van der Waals surface area contributed by atoms with Crippen molar-refractivity contribution in [3.63, 3.8) is 0 Å². The number of likely N-dealkylation sites (N-methyl/N-ethyl adjacent to an activating group) is 1. The van der Waals surface area contributed by atoms with Gasteiger partial charge in [-0.2, -0.15) is 0 Å². The third-order valence-corrected chi connectivity index (χ3v) is 4.62. The van der Waals surface area contributed by atoms with E-state index in [-0.39, 0.29) is 16.4 Å². The lowest BCUT2D eigenvalue weighted by Gasteiger charge is -2.24. The Kier molecular flexibility index (Phi) is 5.20. The quantitative estimate of drug-likeness (QED) is 0.717. The summed E-state index contributed by atoms with van der Waals surface area (Å²) in [5, 5.41) is 0.240. The van der Waals surface area contributed by atoms with Crippen LogP contribution in [-0.4, -0.2) is 25.5 Å². The summed E-state index contributed by atoms with van der Waals surface area (Å²) in [4.78, 5) is 28.6. The predicted octanol–water partition coefficient (Wildman–Crippen LogP) is 4.20. The molecule has 2 aromatic carbocycles. The van der Waals surface area contributed by atoms with Gasteiger partial charge >= 0.3 is 0 Å². The molecular formula is C19H16Cl2N2O3. The average molecular weight is 391 g/mol. The first-order valence-corrected chi connectivity index (χ1v) is 8.69. The number of halogens is 2. The number of hydrogen-bond donors (Lipinski definition) is 0. The van der Waals surface area contributed by atoms with Crippen molar-refractivity contribution >= 4 is 46.4 Å². The highest BCUT2D eigenvalue weighted by Crippen LogP contribution is 2.38. The fourth-order valence-electron chi connectivity index (χ4n) is 2.86. The number of hydrogen-bond acceptors (Lipinski definition) is 4. The summed E-state index contributed by atoms with van der Waals surface area (Å²) in [7, 11) is 1.45. The number of carbonyl (C=O) groups is 2. The summed E-state index contributed by atoms with van der Waals surface area (Å²) in [5.74, 6) is -0.780. The third-order valence-electron chi connectivity index (χ3n) is 4.04. The second-order valence-corrected chi connectivity index (χ2v) is 6.32. The van der Waals surface area contributed by atoms with Crippen LogP contribution in [0.2, 0.25) is 5.02 Å². The smallest absolute Gasteiger partial charge is 0.283 e. The number of carbonyl (C=O) groups excluding carboxylic acids is 2. The van der Waals surface area contributed by atoms with E-state index in [2.05, 4.69) is 0 Å². The first-order valence-electron chi connectivity index (χ1n) is 7.94. The highest BCUT2D eigenvalue weighted by atomic mass is 35.5. The van der Waals surface area contributed by atoms with E-state index in [0.29, 0.717) is 17.3 Å². The Bertz CT molecular complexity index is 897. The molecular weight excluding hydrogens is 375 g/mol. The van der Waals surface area contributed by atoms with Gasteiger partial charge in [0.25, 0.3) is 11.8 Å². The minimum Gasteiger partial charge on any atom is -0.495 e. The van der Waals surface area contributed by atoms with Crippen LogP contribution in [0.4, 0.5) is 11.4 Å². The van der Waals surface area contributed by atoms with Crippen LogP contribution < -0.4 is 14.5 Å². The van der Waals surface area contributed by atoms with E-state index in [0.717, 1.165) is 10.6 Å². The van der Waals surface area contributed by atoms with E-state index in [9.17, 15) is 9.59 Å². The normalized spacial score (nSPS) is 14.2. The number of para-hydroxylation sites is 1. The predicted molar refractivity (Wildman–Crippen MR) is 103 cm³/mol. The molecule has 0 atom stereocenters. The van der Waals surface area contributed by atoms with Crippen LogP contribution in [-0.2, 0) is 9.59 Å². The van der Waals surface area contributed by atoms with Crippen LogP contribution in [0.3, 0.4) is 0 Å². The van der Waals surface area contributed by atoms with Gasteiger partial charge in [-0.05, 0) is 37.3 Å². The van der Waals surface area contributed by atoms with Gasteiger partial charge < -0.3 is 9.64 Å². The Morgan fingerprint density at radius 2 is 1.73 bits per heavy atom. The number of anilines is 2. The van der Waals surface area contributed by atoms with Crippen molar-refractivity contribution in [2.75, 3.05) is 23.5 Å². The average Bonchev–Trinajstić information content (AvgIpc) is 2.87. The standard InChI is InChI=1S/C19H16Cl2N2O3/c1-3-22(13-7-5-4-6-8-13)17-16(21)18(24)23(19(17)25)14-11-12(20)9-10-15(14)26-2/h4-11H,3H2,1-2H3. The maximum Gasteiger partial charge on any atom is 0.283 e. The Labute approximate surface area is 161 Å². The summed E-state index contributed by atoms with van der Waals surface area (Å²) < 4.78 is 5.27. The highest BCUT2D eigenvalue weighted by Gasteiger charge is 2.42. The first-order chi connectivity index (χ1) is 12.5. The summed E-state index contributed by atoms with van der Waals surface area (Å²) in [6, 6.07) is 14.0. The number of ether oxygens (including phenoxy) is 1. The lowest BCUT2D eigenvalue weighted by Crippen LogP contribution is -2.35. The Morgan fingerprint density at radius 1 is 1.04 bits per heavy atom. The SMILES string of the molecule is CCN(C1=C(Cl)C(=O)N(c2cc(Cl)ccc2OC)C1=O)c1ccccc1. The lowest BCUT2D eigenvalue weighted by atomic mass is 10.2. The van der Waals surface area contributed by atoms with Crippen molar-refractivity contribution in [1.29, 1.82) is 0 Å². The minimum atomic E-state index is -0.610. The summed E-state index contributed by atoms with van der Waals surface area (Å²) in [6.07, 6.45) is 0. The molecule has 0 saturated heterocycles. The fourth-order valence-corrected chi connectivity index (χ4v) is 3.29. The van der Waals surface area contributed by atoms with E-state index in [1.54, 1.807) is 17.0 Å². The molecule has 1 aliphatic rings. The maximum absolute atomic E-state index is 13.1. The van der Waals surface area contributed by atoms with Crippen LogP contribution in [0.1, 0.15) is 6.92 Å². The van der Waals surface area contributed by atoms with Gasteiger partial charge in [0, 0.05) is 17.3 Å². The Morgan fingerprint density at radius 3 is 2.35 bits per heavy atom. The Balaban J connectivity index is 2.07. The van der Waals surface area contributed by atoms with E-state index in [1.165, 1.54) is 13.2 Å². The van der Waals surface area contributed by atoms with Crippen LogP contribution in [0.15, 0.2) is 59.3 Å². The fraction of sp³-hybridized carbons (Fsp3) is 0.158. The molecule has 0 saturated carbocycles. The topological polar surface area (TPSA) is 49.9 Å². The molecule has 2 amide bonds. The largest absolute Gasteiger partial charge is 0.495 e. The molecule has 3 rings (SSSR count). The molecule has 5 nitrogen and oxygen atoms in total. The number of imide groups is 1. The van der Waals surface area contributed by atoms with Crippen molar-refractivity contribution in [2.24, 2.45) is 0 Å². The molecule has 0 bridgehead atoms. The molecule has 0 spiro atoms. The van der Waals surface area contributed by atoms with Gasteiger partial charge in [-0.25, -0.2) is 4.90 Å². The summed E-state index contributed by atoms with van der Waals surface area (Å²) in [6.45, 7) is 2.35. The third kappa shape index (κ3) is 3.04. The minimum absolute atomic E-state index is 0.132. The van der Waals surface area contributed by atoms with Crippen LogP contribution in [0.5, 0.6) is 5.75 Å². The van der Waals surface area contributed by atoms with Gasteiger partial charge in [0.2, 0.25) is 0 Å². The van der Waals surface area contributed by atoms with Gasteiger partial charge in [0.15, 0.2) is 0 Å². The van der Waals surface area contributed by atoms with E-state index >= 15 is 0 Å². The summed E-state index contributed by atoms with van der Waals surface area (Å²) in [5.41, 5.74) is 1.16. The number of nitrogens with zero attached hydrogens (tertiary/aromatic N) is 2. The molecule has 7 heteroatoms. The van der Waals surface area contributed by atoms with Crippen molar-refractivity contribution < 1.29 is 14.3 Å². The van der Waals surface area contributed by atoms with Gasteiger partial charge in [-0.15, -0.1) is 0 Å². The van der Waals surface area contributed by atoms with Crippen molar-refractivity contribution in [2.45, 2.75) is 6.92 Å². The second-order valence-electron chi connectivity index (χ2n) is 5.50. The van der Waals surface area contributed by atoms with Crippen molar-refractivity contribution in [1.82, 2.24) is 0 Å². The molecule has 1 aliphatic heterocycles. The van der Waals surface area contributed by atoms with Crippen molar-refractivity contribution in [3.8, 4) is 5.75 Å². The second kappa shape index (κ2) is 7.40. The van der Waals surface area contributed by atoms with Gasteiger partial charge in [0.1, 0.15) is 16.5 Å². The van der Waals surface area contributed by atoms with E-state index in [1.807, 2.05) is 37.3 Å². The lowest BCUT2D eigenvalue weighted by molar-refractivity contribution is -0.120. The van der Waals surface area contributed by atoms with Gasteiger partial charge in [-0.3, -0.25) is 9.59 Å². The molecule has 0 N–H and O–H groups in total. The monoisotopic (exact) mass is 390 g/mol. The molecule has 0 aliphatic carbocycles. The number of benzene rings is 2. The van der Waals surface area contributed by atoms with E-state index < -0.39 is 11.8 Å².